The molecule has 0 atom stereocenters. The summed E-state index contributed by atoms with van der Waals surface area (Å²) in [5.41, 5.74) is -0.188. The molecule has 1 heterocycles. The molecule has 0 aliphatic rings. The van der Waals surface area contributed by atoms with Gasteiger partial charge < -0.3 is 0 Å². The van der Waals surface area contributed by atoms with E-state index in [4.69, 9.17) is 11.6 Å². The zero-order valence-electron chi connectivity index (χ0n) is 11.5. The summed E-state index contributed by atoms with van der Waals surface area (Å²) >= 11 is 10.4. The Kier molecular flexibility index (Phi) is 4.63. The normalized spacial score (nSPS) is 12.4. The van der Waals surface area contributed by atoms with Crippen molar-refractivity contribution in [1.29, 1.82) is 0 Å². The molecule has 0 amide bonds. The lowest BCUT2D eigenvalue weighted by Crippen LogP contribution is -2.14. The first kappa shape index (κ1) is 16.7. The van der Waals surface area contributed by atoms with Crippen LogP contribution in [0.3, 0.4) is 0 Å². The Morgan fingerprint density at radius 1 is 1.29 bits per heavy atom. The summed E-state index contributed by atoms with van der Waals surface area (Å²) in [6, 6.07) is 4.79. The zero-order chi connectivity index (χ0) is 15.8. The van der Waals surface area contributed by atoms with E-state index >= 15 is 0 Å². The first-order valence-electron chi connectivity index (χ1n) is 5.92. The predicted molar refractivity (Wildman–Crippen MR) is 88.6 cm³/mol. The van der Waals surface area contributed by atoms with Gasteiger partial charge in [-0.1, -0.05) is 49.8 Å². The molecule has 1 aromatic heterocycles. The van der Waals surface area contributed by atoms with Gasteiger partial charge in [0.05, 0.1) is 5.02 Å². The average Bonchev–Trinajstić information content (AvgIpc) is 2.75. The van der Waals surface area contributed by atoms with Gasteiger partial charge in [0, 0.05) is 9.89 Å². The van der Waals surface area contributed by atoms with E-state index in [0.717, 1.165) is 5.01 Å². The lowest BCUT2D eigenvalue weighted by molar-refractivity contribution is 0.578. The van der Waals surface area contributed by atoms with Gasteiger partial charge in [0.15, 0.2) is 0 Å². The van der Waals surface area contributed by atoms with Crippen LogP contribution < -0.4 is 4.72 Å². The summed E-state index contributed by atoms with van der Waals surface area (Å²) in [6.45, 7) is 5.95. The van der Waals surface area contributed by atoms with Crippen LogP contribution in [0.15, 0.2) is 27.6 Å². The van der Waals surface area contributed by atoms with Crippen LogP contribution in [0.2, 0.25) is 5.02 Å². The monoisotopic (exact) mass is 409 g/mol. The highest BCUT2D eigenvalue weighted by Gasteiger charge is 2.25. The molecule has 0 unspecified atom stereocenters. The molecule has 114 valence electrons. The summed E-state index contributed by atoms with van der Waals surface area (Å²) in [5, 5.41) is 8.98. The number of aromatic nitrogens is 2. The molecule has 0 saturated carbocycles. The van der Waals surface area contributed by atoms with E-state index in [1.807, 2.05) is 20.8 Å². The summed E-state index contributed by atoms with van der Waals surface area (Å²) in [5.74, 6) is 0. The van der Waals surface area contributed by atoms with Gasteiger partial charge in [0.2, 0.25) is 5.13 Å². The molecule has 2 rings (SSSR count). The van der Waals surface area contributed by atoms with Crippen LogP contribution in [0.4, 0.5) is 5.13 Å². The Hall–Kier alpha value is -0.700. The van der Waals surface area contributed by atoms with Crippen LogP contribution >= 0.6 is 38.9 Å². The third kappa shape index (κ3) is 3.74. The Morgan fingerprint density at radius 3 is 2.48 bits per heavy atom. The van der Waals surface area contributed by atoms with Gasteiger partial charge in [-0.05, 0) is 28.1 Å². The lowest BCUT2D eigenvalue weighted by atomic mass is 9.98. The second kappa shape index (κ2) is 5.83. The van der Waals surface area contributed by atoms with E-state index in [0.29, 0.717) is 4.47 Å². The molecule has 5 nitrogen and oxygen atoms in total. The van der Waals surface area contributed by atoms with E-state index < -0.39 is 10.0 Å². The summed E-state index contributed by atoms with van der Waals surface area (Å²) < 4.78 is 27.6. The molecule has 0 radical (unpaired) electrons. The highest BCUT2D eigenvalue weighted by atomic mass is 79.9. The maximum atomic E-state index is 12.4. The molecule has 0 aliphatic carbocycles. The molecule has 21 heavy (non-hydrogen) atoms. The number of rotatable bonds is 3. The minimum atomic E-state index is -3.83. The fourth-order valence-corrected chi connectivity index (χ4v) is 5.24. The summed E-state index contributed by atoms with van der Waals surface area (Å²) in [7, 11) is -3.83. The maximum absolute atomic E-state index is 12.4. The molecule has 0 aliphatic heterocycles. The van der Waals surface area contributed by atoms with Gasteiger partial charge in [-0.15, -0.1) is 10.2 Å². The standard InChI is InChI=1S/C12H13BrClN3O2S2/c1-12(2,3)10-15-16-11(20-10)17-21(18,19)9-7(13)5-4-6-8(9)14/h4-6H,1-3H3,(H,16,17). The number of hydrogen-bond donors (Lipinski definition) is 1. The van der Waals surface area contributed by atoms with Gasteiger partial charge in [0.1, 0.15) is 9.90 Å². The molecule has 0 spiro atoms. The van der Waals surface area contributed by atoms with Gasteiger partial charge in [-0.25, -0.2) is 8.42 Å². The second-order valence-corrected chi connectivity index (χ2v) is 9.18. The smallest absolute Gasteiger partial charge is 0.253 e. The Bertz CT molecular complexity index is 749. The fraction of sp³-hybridized carbons (Fsp3) is 0.333. The van der Waals surface area contributed by atoms with Crippen molar-refractivity contribution in [2.75, 3.05) is 4.72 Å². The quantitative estimate of drug-likeness (QED) is 0.828. The van der Waals surface area contributed by atoms with E-state index in [9.17, 15) is 8.42 Å². The molecule has 0 saturated heterocycles. The van der Waals surface area contributed by atoms with Crippen LogP contribution in [0.25, 0.3) is 0 Å². The van der Waals surface area contributed by atoms with Crippen LogP contribution in [0.1, 0.15) is 25.8 Å². The van der Waals surface area contributed by atoms with Crippen molar-refractivity contribution in [3.63, 3.8) is 0 Å². The van der Waals surface area contributed by atoms with Crippen LogP contribution in [-0.2, 0) is 15.4 Å². The first-order valence-corrected chi connectivity index (χ1v) is 9.39. The number of sulfonamides is 1. The van der Waals surface area contributed by atoms with Crippen molar-refractivity contribution in [3.05, 3.63) is 32.7 Å². The number of nitrogens with one attached hydrogen (secondary N) is 1. The number of benzene rings is 1. The molecule has 2 aromatic rings. The van der Waals surface area contributed by atoms with Crippen LogP contribution in [0, 0.1) is 0 Å². The van der Waals surface area contributed by atoms with Crippen molar-refractivity contribution in [3.8, 4) is 0 Å². The lowest BCUT2D eigenvalue weighted by Gasteiger charge is -2.12. The molecule has 1 aromatic carbocycles. The van der Waals surface area contributed by atoms with Crippen molar-refractivity contribution in [1.82, 2.24) is 10.2 Å². The van der Waals surface area contributed by atoms with Gasteiger partial charge >= 0.3 is 0 Å². The number of nitrogens with zero attached hydrogens (tertiary/aromatic N) is 2. The van der Waals surface area contributed by atoms with Crippen molar-refractivity contribution in [2.45, 2.75) is 31.1 Å². The molecule has 9 heteroatoms. The SMILES string of the molecule is CC(C)(C)c1nnc(NS(=O)(=O)c2c(Cl)cccc2Br)s1. The predicted octanol–water partition coefficient (Wildman–Crippen LogP) is 4.05. The number of anilines is 1. The van der Waals surface area contributed by atoms with Crippen molar-refractivity contribution < 1.29 is 8.42 Å². The number of halogens is 2. The second-order valence-electron chi connectivity index (χ2n) is 5.32. The number of hydrogen-bond acceptors (Lipinski definition) is 5. The minimum absolute atomic E-state index is 0.0147. The highest BCUT2D eigenvalue weighted by molar-refractivity contribution is 9.10. The molecule has 1 N–H and O–H groups in total. The van der Waals surface area contributed by atoms with Crippen molar-refractivity contribution >= 4 is 54.0 Å². The molecule has 0 bridgehead atoms. The summed E-state index contributed by atoms with van der Waals surface area (Å²) in [4.78, 5) is -0.0147. The Balaban J connectivity index is 2.36. The van der Waals surface area contributed by atoms with Crippen LogP contribution in [0.5, 0.6) is 0 Å². The van der Waals surface area contributed by atoms with E-state index in [1.165, 1.54) is 17.4 Å². The largest absolute Gasteiger partial charge is 0.266 e. The zero-order valence-corrected chi connectivity index (χ0v) is 15.5. The molecular weight excluding hydrogens is 398 g/mol. The van der Waals surface area contributed by atoms with Crippen molar-refractivity contribution in [2.24, 2.45) is 0 Å². The van der Waals surface area contributed by atoms with Crippen LogP contribution in [-0.4, -0.2) is 18.6 Å². The third-order valence-electron chi connectivity index (χ3n) is 2.48. The fourth-order valence-electron chi connectivity index (χ4n) is 1.47. The first-order chi connectivity index (χ1) is 9.61. The van der Waals surface area contributed by atoms with E-state index in [1.54, 1.807) is 12.1 Å². The van der Waals surface area contributed by atoms with Gasteiger partial charge in [0.25, 0.3) is 10.0 Å². The Morgan fingerprint density at radius 2 is 1.95 bits per heavy atom. The summed E-state index contributed by atoms with van der Waals surface area (Å²) in [6.07, 6.45) is 0. The molecular formula is C12H13BrClN3O2S2. The van der Waals surface area contributed by atoms with Gasteiger partial charge in [-0.3, -0.25) is 4.72 Å². The van der Waals surface area contributed by atoms with Gasteiger partial charge in [-0.2, -0.15) is 0 Å². The Labute approximate surface area is 140 Å². The third-order valence-corrected chi connectivity index (χ3v) is 6.66. The average molecular weight is 411 g/mol. The highest BCUT2D eigenvalue weighted by Crippen LogP contribution is 2.33. The molecule has 0 fully saturated rings. The minimum Gasteiger partial charge on any atom is -0.253 e. The topological polar surface area (TPSA) is 72.0 Å². The van der Waals surface area contributed by atoms with E-state index in [2.05, 4.69) is 30.8 Å². The maximum Gasteiger partial charge on any atom is 0.266 e. The van der Waals surface area contributed by atoms with E-state index in [-0.39, 0.29) is 20.5 Å².